The van der Waals surface area contributed by atoms with Crippen molar-refractivity contribution in [2.24, 2.45) is 23.2 Å². The largest absolute Gasteiger partial charge is 0.299 e. The molecule has 1 fully saturated rings. The van der Waals surface area contributed by atoms with Crippen molar-refractivity contribution in [2.45, 2.75) is 84.8 Å². The van der Waals surface area contributed by atoms with Gasteiger partial charge in [-0.15, -0.1) is 6.58 Å². The zero-order chi connectivity index (χ0) is 18.5. The Balaban J connectivity index is 3.00. The van der Waals surface area contributed by atoms with Crippen LogP contribution in [0.25, 0.3) is 0 Å². The molecule has 0 aliphatic heterocycles. The van der Waals surface area contributed by atoms with Gasteiger partial charge < -0.3 is 0 Å². The van der Waals surface area contributed by atoms with Crippen LogP contribution in [0.15, 0.2) is 12.7 Å². The number of hydrogen-bond acceptors (Lipinski definition) is 3. The second-order valence-corrected chi connectivity index (χ2v) is 10.8. The van der Waals surface area contributed by atoms with Gasteiger partial charge in [-0.2, -0.15) is 0 Å². The van der Waals surface area contributed by atoms with E-state index in [0.29, 0.717) is 24.5 Å². The summed E-state index contributed by atoms with van der Waals surface area (Å²) in [4.78, 5) is 25.6. The van der Waals surface area contributed by atoms with Crippen LogP contribution in [0.5, 0.6) is 0 Å². The number of ketones is 1. The Hall–Kier alpha value is -0.570. The number of carbonyl (C=O) groups excluding carboxylic acids is 2. The lowest BCUT2D eigenvalue weighted by Crippen LogP contribution is -2.36. The fraction of sp³-hybridized carbons (Fsp3) is 0.810. The first kappa shape index (κ1) is 21.5. The molecule has 0 saturated heterocycles. The molecule has 1 aliphatic rings. The highest BCUT2D eigenvalue weighted by Crippen LogP contribution is 2.50. The van der Waals surface area contributed by atoms with Gasteiger partial charge in [-0.05, 0) is 31.1 Å². The van der Waals surface area contributed by atoms with E-state index < -0.39 is 5.41 Å². The number of Topliss-reactive ketones (excluding diaryl/α,β-unsaturated/α-hetero) is 1. The van der Waals surface area contributed by atoms with Crippen molar-refractivity contribution in [3.8, 4) is 0 Å². The van der Waals surface area contributed by atoms with Crippen LogP contribution < -0.4 is 0 Å². The monoisotopic (exact) mass is 352 g/mol. The maximum atomic E-state index is 13.0. The lowest BCUT2D eigenvalue weighted by atomic mass is 9.69. The maximum Gasteiger partial charge on any atom is 0.192 e. The maximum absolute atomic E-state index is 13.0. The first-order valence-corrected chi connectivity index (χ1v) is 10.2. The fourth-order valence-corrected chi connectivity index (χ4v) is 4.95. The normalized spacial score (nSPS) is 26.0. The van der Waals surface area contributed by atoms with E-state index in [2.05, 4.69) is 48.1 Å². The summed E-state index contributed by atoms with van der Waals surface area (Å²) in [5.74, 6) is 1.12. The van der Waals surface area contributed by atoms with Crippen molar-refractivity contribution in [1.82, 2.24) is 0 Å². The molecule has 0 amide bonds. The molecule has 0 radical (unpaired) electrons. The van der Waals surface area contributed by atoms with E-state index in [1.165, 1.54) is 11.8 Å². The summed E-state index contributed by atoms with van der Waals surface area (Å²) < 4.78 is -0.0785. The van der Waals surface area contributed by atoms with E-state index in [0.717, 1.165) is 25.7 Å². The summed E-state index contributed by atoms with van der Waals surface area (Å²) >= 11 is 1.45. The predicted molar refractivity (Wildman–Crippen MR) is 105 cm³/mol. The summed E-state index contributed by atoms with van der Waals surface area (Å²) in [6, 6.07) is 0. The van der Waals surface area contributed by atoms with Gasteiger partial charge in [0, 0.05) is 22.5 Å². The van der Waals surface area contributed by atoms with Crippen LogP contribution in [0.1, 0.15) is 80.1 Å². The molecular weight excluding hydrogens is 316 g/mol. The standard InChI is InChI=1S/C21H36O2S/c1-8-14-21(7)17(12-13-18(21)22)16(11-9-10-15(2)3)19(23)24-20(4,5)6/h8,15-17H,1,9-14H2,2-7H3/t16-,17-,21-/m1/s1. The molecule has 138 valence electrons. The fourth-order valence-electron chi connectivity index (χ4n) is 3.91. The minimum absolute atomic E-state index is 0.00984. The Morgan fingerprint density at radius 3 is 2.50 bits per heavy atom. The molecular formula is C21H36O2S. The first-order chi connectivity index (χ1) is 11.0. The van der Waals surface area contributed by atoms with Crippen LogP contribution in [0.4, 0.5) is 0 Å². The molecule has 3 atom stereocenters. The van der Waals surface area contributed by atoms with E-state index in [9.17, 15) is 9.59 Å². The number of rotatable bonds is 8. The van der Waals surface area contributed by atoms with E-state index in [4.69, 9.17) is 0 Å². The molecule has 0 heterocycles. The van der Waals surface area contributed by atoms with Gasteiger partial charge in [-0.25, -0.2) is 0 Å². The molecule has 0 unspecified atom stereocenters. The van der Waals surface area contributed by atoms with Crippen LogP contribution in [-0.2, 0) is 9.59 Å². The van der Waals surface area contributed by atoms with E-state index in [1.54, 1.807) is 0 Å². The van der Waals surface area contributed by atoms with Gasteiger partial charge in [-0.1, -0.05) is 72.2 Å². The van der Waals surface area contributed by atoms with E-state index in [1.807, 2.05) is 6.08 Å². The number of allylic oxidation sites excluding steroid dienone is 1. The third-order valence-corrected chi connectivity index (χ3v) is 6.31. The minimum Gasteiger partial charge on any atom is -0.299 e. The Kier molecular flexibility index (Phi) is 7.77. The molecule has 0 aromatic heterocycles. The number of carbonyl (C=O) groups is 2. The van der Waals surface area contributed by atoms with Gasteiger partial charge in [0.25, 0.3) is 0 Å². The van der Waals surface area contributed by atoms with Crippen LogP contribution in [0.2, 0.25) is 0 Å². The molecule has 2 nitrogen and oxygen atoms in total. The Morgan fingerprint density at radius 2 is 2.00 bits per heavy atom. The lowest BCUT2D eigenvalue weighted by Gasteiger charge is -2.35. The SMILES string of the molecule is C=CC[C@@]1(C)C(=O)CC[C@@H]1[C@@H](CCCC(C)C)C(=O)SC(C)(C)C. The molecule has 0 spiro atoms. The zero-order valence-electron chi connectivity index (χ0n) is 16.5. The minimum atomic E-state index is -0.404. The highest BCUT2D eigenvalue weighted by atomic mass is 32.2. The van der Waals surface area contributed by atoms with Gasteiger partial charge in [0.2, 0.25) is 0 Å². The van der Waals surface area contributed by atoms with Crippen LogP contribution in [-0.4, -0.2) is 15.6 Å². The summed E-state index contributed by atoms with van der Waals surface area (Å²) in [6.45, 7) is 16.6. The Morgan fingerprint density at radius 1 is 1.38 bits per heavy atom. The summed E-state index contributed by atoms with van der Waals surface area (Å²) in [5.41, 5.74) is -0.404. The van der Waals surface area contributed by atoms with Crippen molar-refractivity contribution in [3.05, 3.63) is 12.7 Å². The van der Waals surface area contributed by atoms with Gasteiger partial charge in [0.05, 0.1) is 0 Å². The van der Waals surface area contributed by atoms with Crippen molar-refractivity contribution in [2.75, 3.05) is 0 Å². The van der Waals surface area contributed by atoms with Gasteiger partial charge in [-0.3, -0.25) is 9.59 Å². The average Bonchev–Trinajstić information content (AvgIpc) is 2.69. The molecule has 0 aromatic carbocycles. The predicted octanol–water partition coefficient (Wildman–Crippen LogP) is 6.05. The van der Waals surface area contributed by atoms with E-state index >= 15 is 0 Å². The lowest BCUT2D eigenvalue weighted by molar-refractivity contribution is -0.128. The molecule has 3 heteroatoms. The van der Waals surface area contributed by atoms with Gasteiger partial charge in [0.15, 0.2) is 5.12 Å². The molecule has 0 bridgehead atoms. The summed E-state index contributed by atoms with van der Waals surface area (Å²) in [6.07, 6.45) is 7.11. The zero-order valence-corrected chi connectivity index (χ0v) is 17.3. The molecule has 1 saturated carbocycles. The summed E-state index contributed by atoms with van der Waals surface area (Å²) in [5, 5.41) is 0.279. The molecule has 0 N–H and O–H groups in total. The third kappa shape index (κ3) is 5.75. The summed E-state index contributed by atoms with van der Waals surface area (Å²) in [7, 11) is 0. The average molecular weight is 353 g/mol. The topological polar surface area (TPSA) is 34.1 Å². The van der Waals surface area contributed by atoms with Gasteiger partial charge >= 0.3 is 0 Å². The van der Waals surface area contributed by atoms with Crippen molar-refractivity contribution in [1.29, 1.82) is 0 Å². The molecule has 24 heavy (non-hydrogen) atoms. The molecule has 1 aliphatic carbocycles. The molecule has 0 aromatic rings. The van der Waals surface area contributed by atoms with Gasteiger partial charge in [0.1, 0.15) is 5.78 Å². The third-order valence-electron chi connectivity index (χ3n) is 5.20. The molecule has 1 rings (SSSR count). The Labute approximate surface area is 153 Å². The first-order valence-electron chi connectivity index (χ1n) is 9.38. The van der Waals surface area contributed by atoms with Crippen molar-refractivity contribution >= 4 is 22.7 Å². The van der Waals surface area contributed by atoms with Crippen LogP contribution in [0.3, 0.4) is 0 Å². The van der Waals surface area contributed by atoms with Crippen molar-refractivity contribution in [3.63, 3.8) is 0 Å². The number of hydrogen-bond donors (Lipinski definition) is 0. The second kappa shape index (κ2) is 8.69. The van der Waals surface area contributed by atoms with Crippen molar-refractivity contribution < 1.29 is 9.59 Å². The second-order valence-electron chi connectivity index (χ2n) is 8.94. The Bertz CT molecular complexity index is 461. The van der Waals surface area contributed by atoms with Crippen LogP contribution in [0, 0.1) is 23.2 Å². The van der Waals surface area contributed by atoms with E-state index in [-0.39, 0.29) is 21.7 Å². The highest BCUT2D eigenvalue weighted by molar-refractivity contribution is 8.14. The number of thioether (sulfide) groups is 1. The highest BCUT2D eigenvalue weighted by Gasteiger charge is 2.50. The van der Waals surface area contributed by atoms with Crippen LogP contribution >= 0.6 is 11.8 Å². The smallest absolute Gasteiger partial charge is 0.192 e. The quantitative estimate of drug-likeness (QED) is 0.499.